The number of ether oxygens (including phenoxy) is 1. The zero-order chi connectivity index (χ0) is 19.1. The van der Waals surface area contributed by atoms with Gasteiger partial charge in [-0.25, -0.2) is 4.39 Å². The fourth-order valence-electron chi connectivity index (χ4n) is 2.47. The Hall–Kier alpha value is -3.47. The molecule has 0 aliphatic heterocycles. The van der Waals surface area contributed by atoms with Gasteiger partial charge in [-0.3, -0.25) is 9.59 Å². The summed E-state index contributed by atoms with van der Waals surface area (Å²) in [6.45, 7) is 0.326. The van der Waals surface area contributed by atoms with Crippen LogP contribution in [-0.4, -0.2) is 18.3 Å². The van der Waals surface area contributed by atoms with Gasteiger partial charge in [-0.15, -0.1) is 0 Å². The first-order valence-corrected chi connectivity index (χ1v) is 8.45. The molecule has 0 heterocycles. The van der Waals surface area contributed by atoms with E-state index in [-0.39, 0.29) is 24.1 Å². The fourth-order valence-corrected chi connectivity index (χ4v) is 2.47. The largest absolute Gasteiger partial charge is 0.484 e. The van der Waals surface area contributed by atoms with E-state index in [1.165, 1.54) is 24.3 Å². The second-order valence-electron chi connectivity index (χ2n) is 5.91. The number of carbonyl (C=O) groups excluding carboxylic acids is 2. The van der Waals surface area contributed by atoms with Crippen molar-refractivity contribution >= 4 is 11.7 Å². The molecule has 0 aliphatic carbocycles. The monoisotopic (exact) mass is 363 g/mol. The third-order valence-electron chi connectivity index (χ3n) is 3.93. The smallest absolute Gasteiger partial charge is 0.258 e. The van der Waals surface area contributed by atoms with Crippen molar-refractivity contribution in [3.63, 3.8) is 0 Å². The van der Waals surface area contributed by atoms with Crippen molar-refractivity contribution in [1.82, 2.24) is 5.32 Å². The first-order chi connectivity index (χ1) is 13.1. The summed E-state index contributed by atoms with van der Waals surface area (Å²) < 4.78 is 18.4. The number of nitrogens with one attached hydrogen (secondary N) is 1. The van der Waals surface area contributed by atoms with Crippen LogP contribution in [0.1, 0.15) is 21.5 Å². The van der Waals surface area contributed by atoms with Crippen LogP contribution in [0.2, 0.25) is 0 Å². The molecule has 0 spiro atoms. The molecule has 136 valence electrons. The number of carbonyl (C=O) groups is 2. The summed E-state index contributed by atoms with van der Waals surface area (Å²) in [5, 5.41) is 2.78. The minimum atomic E-state index is -0.388. The van der Waals surface area contributed by atoms with Crippen LogP contribution < -0.4 is 10.1 Å². The highest BCUT2D eigenvalue weighted by atomic mass is 19.1. The first kappa shape index (κ1) is 18.3. The summed E-state index contributed by atoms with van der Waals surface area (Å²) >= 11 is 0. The Balaban J connectivity index is 1.50. The van der Waals surface area contributed by atoms with Gasteiger partial charge in [0.15, 0.2) is 12.4 Å². The number of hydrogen-bond donors (Lipinski definition) is 1. The molecular formula is C22H18FNO3. The van der Waals surface area contributed by atoms with Gasteiger partial charge in [0, 0.05) is 17.7 Å². The lowest BCUT2D eigenvalue weighted by atomic mass is 10.0. The number of hydrogen-bond acceptors (Lipinski definition) is 3. The second kappa shape index (κ2) is 8.76. The molecule has 1 N–H and O–H groups in total. The zero-order valence-electron chi connectivity index (χ0n) is 14.5. The van der Waals surface area contributed by atoms with Gasteiger partial charge in [0.05, 0.1) is 0 Å². The summed E-state index contributed by atoms with van der Waals surface area (Å²) in [6.07, 6.45) is 0. The molecule has 1 amide bonds. The van der Waals surface area contributed by atoms with E-state index in [0.29, 0.717) is 23.4 Å². The maximum absolute atomic E-state index is 12.9. The van der Waals surface area contributed by atoms with E-state index in [1.807, 2.05) is 30.3 Å². The van der Waals surface area contributed by atoms with Gasteiger partial charge in [-0.2, -0.15) is 0 Å². The standard InChI is InChI=1S/C22H18FNO3/c23-19-10-6-17(7-11-19)22(26)18-8-12-20(13-9-18)27-15-21(25)24-14-16-4-2-1-3-5-16/h1-13H,14-15H2,(H,24,25). The lowest BCUT2D eigenvalue weighted by Gasteiger charge is -2.08. The molecule has 0 aromatic heterocycles. The number of halogens is 1. The van der Waals surface area contributed by atoms with Crippen molar-refractivity contribution in [3.8, 4) is 5.75 Å². The van der Waals surface area contributed by atoms with Crippen molar-refractivity contribution in [1.29, 1.82) is 0 Å². The molecule has 0 bridgehead atoms. The van der Waals surface area contributed by atoms with Gasteiger partial charge in [0.2, 0.25) is 0 Å². The number of amides is 1. The third kappa shape index (κ3) is 5.25. The average molecular weight is 363 g/mol. The Bertz CT molecular complexity index is 907. The summed E-state index contributed by atoms with van der Waals surface area (Å²) in [5.41, 5.74) is 1.88. The minimum absolute atomic E-state index is 0.113. The van der Waals surface area contributed by atoms with Crippen molar-refractivity contribution in [2.24, 2.45) is 0 Å². The lowest BCUT2D eigenvalue weighted by Crippen LogP contribution is -2.28. The molecule has 5 heteroatoms. The molecule has 4 nitrogen and oxygen atoms in total. The zero-order valence-corrected chi connectivity index (χ0v) is 14.5. The highest BCUT2D eigenvalue weighted by Gasteiger charge is 2.10. The van der Waals surface area contributed by atoms with Crippen molar-refractivity contribution in [2.75, 3.05) is 6.61 Å². The SMILES string of the molecule is O=C(COc1ccc(C(=O)c2ccc(F)cc2)cc1)NCc1ccccc1. The van der Waals surface area contributed by atoms with Gasteiger partial charge >= 0.3 is 0 Å². The lowest BCUT2D eigenvalue weighted by molar-refractivity contribution is -0.123. The Morgan fingerprint density at radius 2 is 1.41 bits per heavy atom. The molecule has 0 fully saturated rings. The molecule has 0 atom stereocenters. The van der Waals surface area contributed by atoms with Crippen LogP contribution in [0.3, 0.4) is 0 Å². The van der Waals surface area contributed by atoms with E-state index >= 15 is 0 Å². The van der Waals surface area contributed by atoms with Crippen LogP contribution in [0.5, 0.6) is 5.75 Å². The van der Waals surface area contributed by atoms with Gasteiger partial charge < -0.3 is 10.1 Å². The summed E-state index contributed by atoms with van der Waals surface area (Å²) in [5.74, 6) is -0.339. The highest BCUT2D eigenvalue weighted by molar-refractivity contribution is 6.09. The van der Waals surface area contributed by atoms with Crippen LogP contribution >= 0.6 is 0 Å². The Morgan fingerprint density at radius 1 is 0.815 bits per heavy atom. The van der Waals surface area contributed by atoms with E-state index in [4.69, 9.17) is 4.74 Å². The molecule has 0 saturated carbocycles. The molecule has 3 aromatic rings. The van der Waals surface area contributed by atoms with Crippen LogP contribution in [0.25, 0.3) is 0 Å². The third-order valence-corrected chi connectivity index (χ3v) is 3.93. The van der Waals surface area contributed by atoms with Crippen LogP contribution in [0, 0.1) is 5.82 Å². The predicted octanol–water partition coefficient (Wildman–Crippen LogP) is 3.75. The number of ketones is 1. The minimum Gasteiger partial charge on any atom is -0.484 e. The quantitative estimate of drug-likeness (QED) is 0.651. The molecule has 0 unspecified atom stereocenters. The average Bonchev–Trinajstić information content (AvgIpc) is 2.72. The molecule has 0 radical (unpaired) electrons. The Morgan fingerprint density at radius 3 is 2.04 bits per heavy atom. The molecule has 0 saturated heterocycles. The maximum Gasteiger partial charge on any atom is 0.258 e. The van der Waals surface area contributed by atoms with Gasteiger partial charge in [0.25, 0.3) is 5.91 Å². The van der Waals surface area contributed by atoms with Crippen molar-refractivity contribution < 1.29 is 18.7 Å². The van der Waals surface area contributed by atoms with E-state index in [9.17, 15) is 14.0 Å². The van der Waals surface area contributed by atoms with Gasteiger partial charge in [-0.1, -0.05) is 30.3 Å². The molecule has 0 aliphatic rings. The summed E-state index contributed by atoms with van der Waals surface area (Å²) in [6, 6.07) is 21.5. The van der Waals surface area contributed by atoms with Crippen LogP contribution in [0.15, 0.2) is 78.9 Å². The fraction of sp³-hybridized carbons (Fsp3) is 0.0909. The number of rotatable bonds is 7. The topological polar surface area (TPSA) is 55.4 Å². The highest BCUT2D eigenvalue weighted by Crippen LogP contribution is 2.16. The van der Waals surface area contributed by atoms with E-state index < -0.39 is 0 Å². The Labute approximate surface area is 156 Å². The predicted molar refractivity (Wildman–Crippen MR) is 100 cm³/mol. The second-order valence-corrected chi connectivity index (χ2v) is 5.91. The molecule has 27 heavy (non-hydrogen) atoms. The molecule has 3 aromatic carbocycles. The van der Waals surface area contributed by atoms with Crippen molar-refractivity contribution in [3.05, 3.63) is 101 Å². The van der Waals surface area contributed by atoms with Crippen LogP contribution in [0.4, 0.5) is 4.39 Å². The summed E-state index contributed by atoms with van der Waals surface area (Å²) in [4.78, 5) is 24.2. The first-order valence-electron chi connectivity index (χ1n) is 8.45. The van der Waals surface area contributed by atoms with E-state index in [1.54, 1.807) is 24.3 Å². The van der Waals surface area contributed by atoms with Gasteiger partial charge in [-0.05, 0) is 54.1 Å². The van der Waals surface area contributed by atoms with E-state index in [0.717, 1.165) is 5.56 Å². The summed E-state index contributed by atoms with van der Waals surface area (Å²) in [7, 11) is 0. The maximum atomic E-state index is 12.9. The molecular weight excluding hydrogens is 345 g/mol. The number of benzene rings is 3. The molecule has 3 rings (SSSR count). The normalized spacial score (nSPS) is 10.3. The van der Waals surface area contributed by atoms with Crippen molar-refractivity contribution in [2.45, 2.75) is 6.54 Å². The van der Waals surface area contributed by atoms with E-state index in [2.05, 4.69) is 5.32 Å². The van der Waals surface area contributed by atoms with Crippen LogP contribution in [-0.2, 0) is 11.3 Å². The van der Waals surface area contributed by atoms with Gasteiger partial charge in [0.1, 0.15) is 11.6 Å². The Kier molecular flexibility index (Phi) is 5.94.